The van der Waals surface area contributed by atoms with Crippen LogP contribution in [0.5, 0.6) is 11.5 Å². The van der Waals surface area contributed by atoms with Gasteiger partial charge in [0.2, 0.25) is 0 Å². The molecule has 1 atom stereocenters. The Hall–Kier alpha value is -1.27. The van der Waals surface area contributed by atoms with Gasteiger partial charge in [-0.3, -0.25) is 4.79 Å². The molecule has 0 aromatic heterocycles. The number of hydrogen-bond acceptors (Lipinski definition) is 4. The number of carbonyl (C=O) groups is 1. The quantitative estimate of drug-likeness (QED) is 0.885. The summed E-state index contributed by atoms with van der Waals surface area (Å²) in [6, 6.07) is 3.80. The zero-order valence-electron chi connectivity index (χ0n) is 12.9. The SMILES string of the molecule is COc1cc(Br)cc(C(=O)NC2CN3CCC2CC3)c1OC. The Morgan fingerprint density at radius 2 is 2.00 bits per heavy atom. The molecule has 1 aromatic rings. The van der Waals surface area contributed by atoms with E-state index in [1.54, 1.807) is 26.4 Å². The van der Waals surface area contributed by atoms with Gasteiger partial charge in [-0.05, 0) is 44.0 Å². The molecule has 5 nitrogen and oxygen atoms in total. The van der Waals surface area contributed by atoms with Gasteiger partial charge in [-0.1, -0.05) is 15.9 Å². The van der Waals surface area contributed by atoms with Crippen molar-refractivity contribution in [3.05, 3.63) is 22.2 Å². The summed E-state index contributed by atoms with van der Waals surface area (Å²) >= 11 is 3.42. The highest BCUT2D eigenvalue weighted by molar-refractivity contribution is 9.10. The largest absolute Gasteiger partial charge is 0.493 e. The average molecular weight is 369 g/mol. The van der Waals surface area contributed by atoms with E-state index in [-0.39, 0.29) is 11.9 Å². The third-order valence-electron chi connectivity index (χ3n) is 4.66. The Morgan fingerprint density at radius 1 is 1.27 bits per heavy atom. The number of rotatable bonds is 4. The van der Waals surface area contributed by atoms with E-state index < -0.39 is 0 Å². The monoisotopic (exact) mass is 368 g/mol. The molecule has 3 heterocycles. The van der Waals surface area contributed by atoms with Crippen LogP contribution in [-0.2, 0) is 0 Å². The van der Waals surface area contributed by atoms with Gasteiger partial charge in [0.05, 0.1) is 19.8 Å². The van der Waals surface area contributed by atoms with Crippen LogP contribution >= 0.6 is 15.9 Å². The van der Waals surface area contributed by atoms with Crippen LogP contribution < -0.4 is 14.8 Å². The van der Waals surface area contributed by atoms with E-state index in [2.05, 4.69) is 26.1 Å². The molecule has 22 heavy (non-hydrogen) atoms. The summed E-state index contributed by atoms with van der Waals surface area (Å²) in [4.78, 5) is 15.1. The molecular weight excluding hydrogens is 348 g/mol. The highest BCUT2D eigenvalue weighted by atomic mass is 79.9. The van der Waals surface area contributed by atoms with Crippen molar-refractivity contribution in [3.8, 4) is 11.5 Å². The van der Waals surface area contributed by atoms with Crippen LogP contribution in [-0.4, -0.2) is 50.7 Å². The molecule has 0 saturated carbocycles. The lowest BCUT2D eigenvalue weighted by Gasteiger charge is -2.44. The van der Waals surface area contributed by atoms with Crippen LogP contribution in [0.4, 0.5) is 0 Å². The zero-order valence-corrected chi connectivity index (χ0v) is 14.5. The van der Waals surface area contributed by atoms with Crippen molar-refractivity contribution in [2.24, 2.45) is 5.92 Å². The summed E-state index contributed by atoms with van der Waals surface area (Å²) in [5.41, 5.74) is 0.505. The number of carbonyl (C=O) groups excluding carboxylic acids is 1. The summed E-state index contributed by atoms with van der Waals surface area (Å²) in [7, 11) is 3.12. The van der Waals surface area contributed by atoms with Crippen LogP contribution in [0.1, 0.15) is 23.2 Å². The molecule has 120 valence electrons. The van der Waals surface area contributed by atoms with E-state index >= 15 is 0 Å². The second-order valence-electron chi connectivity index (χ2n) is 5.91. The molecule has 1 amide bonds. The lowest BCUT2D eigenvalue weighted by atomic mass is 9.84. The fourth-order valence-electron chi connectivity index (χ4n) is 3.47. The number of fused-ring (bicyclic) bond motifs is 3. The highest BCUT2D eigenvalue weighted by Gasteiger charge is 2.35. The molecule has 0 spiro atoms. The molecule has 3 saturated heterocycles. The lowest BCUT2D eigenvalue weighted by Crippen LogP contribution is -2.57. The van der Waals surface area contributed by atoms with Crippen molar-refractivity contribution in [1.29, 1.82) is 0 Å². The van der Waals surface area contributed by atoms with Gasteiger partial charge in [0.1, 0.15) is 0 Å². The Bertz CT molecular complexity index is 571. The number of nitrogens with zero attached hydrogens (tertiary/aromatic N) is 1. The maximum Gasteiger partial charge on any atom is 0.255 e. The summed E-state index contributed by atoms with van der Waals surface area (Å²) < 4.78 is 11.5. The molecule has 2 bridgehead atoms. The van der Waals surface area contributed by atoms with E-state index in [0.717, 1.165) is 24.1 Å². The third kappa shape index (κ3) is 2.94. The van der Waals surface area contributed by atoms with Crippen LogP contribution in [0.15, 0.2) is 16.6 Å². The minimum absolute atomic E-state index is 0.102. The number of hydrogen-bond donors (Lipinski definition) is 1. The number of piperidine rings is 3. The van der Waals surface area contributed by atoms with E-state index in [0.29, 0.717) is 23.0 Å². The second kappa shape index (κ2) is 6.46. The maximum absolute atomic E-state index is 12.7. The highest BCUT2D eigenvalue weighted by Crippen LogP contribution is 2.35. The molecule has 3 aliphatic rings. The molecule has 0 radical (unpaired) electrons. The van der Waals surface area contributed by atoms with Crippen molar-refractivity contribution in [1.82, 2.24) is 10.2 Å². The molecule has 3 aliphatic heterocycles. The van der Waals surface area contributed by atoms with Crippen molar-refractivity contribution >= 4 is 21.8 Å². The third-order valence-corrected chi connectivity index (χ3v) is 5.12. The Labute approximate surface area is 139 Å². The van der Waals surface area contributed by atoms with Crippen LogP contribution in [0.25, 0.3) is 0 Å². The number of halogens is 1. The van der Waals surface area contributed by atoms with Crippen molar-refractivity contribution in [3.63, 3.8) is 0 Å². The van der Waals surface area contributed by atoms with Gasteiger partial charge < -0.3 is 19.7 Å². The van der Waals surface area contributed by atoms with Crippen LogP contribution in [0.3, 0.4) is 0 Å². The number of amides is 1. The van der Waals surface area contributed by atoms with Gasteiger partial charge in [0.25, 0.3) is 5.91 Å². The minimum Gasteiger partial charge on any atom is -0.493 e. The summed E-state index contributed by atoms with van der Waals surface area (Å²) in [5, 5.41) is 3.18. The standard InChI is InChI=1S/C16H21BrN2O3/c1-21-14-8-11(17)7-12(15(14)22-2)16(20)18-13-9-19-5-3-10(13)4-6-19/h7-8,10,13H,3-6,9H2,1-2H3,(H,18,20). The Morgan fingerprint density at radius 3 is 2.55 bits per heavy atom. The molecule has 1 aromatic carbocycles. The molecular formula is C16H21BrN2O3. The first kappa shape index (κ1) is 15.6. The zero-order chi connectivity index (χ0) is 15.7. The number of nitrogens with one attached hydrogen (secondary N) is 1. The van der Waals surface area contributed by atoms with Gasteiger partial charge in [-0.15, -0.1) is 0 Å². The first-order valence-electron chi connectivity index (χ1n) is 7.57. The summed E-state index contributed by atoms with van der Waals surface area (Å²) in [6.45, 7) is 3.26. The van der Waals surface area contributed by atoms with Gasteiger partial charge in [0.15, 0.2) is 11.5 Å². The maximum atomic E-state index is 12.7. The number of methoxy groups -OCH3 is 2. The fraction of sp³-hybridized carbons (Fsp3) is 0.562. The van der Waals surface area contributed by atoms with Gasteiger partial charge >= 0.3 is 0 Å². The Kier molecular flexibility index (Phi) is 4.59. The van der Waals surface area contributed by atoms with Crippen molar-refractivity contribution in [2.75, 3.05) is 33.9 Å². The van der Waals surface area contributed by atoms with Gasteiger partial charge in [-0.25, -0.2) is 0 Å². The molecule has 1 N–H and O–H groups in total. The molecule has 3 fully saturated rings. The number of benzene rings is 1. The average Bonchev–Trinajstić information content (AvgIpc) is 2.55. The number of ether oxygens (including phenoxy) is 2. The Balaban J connectivity index is 1.81. The molecule has 6 heteroatoms. The van der Waals surface area contributed by atoms with E-state index in [1.165, 1.54) is 12.8 Å². The van der Waals surface area contributed by atoms with Crippen molar-refractivity contribution < 1.29 is 14.3 Å². The van der Waals surface area contributed by atoms with E-state index in [9.17, 15) is 4.79 Å². The normalized spacial score (nSPS) is 26.6. The molecule has 0 aliphatic carbocycles. The first-order valence-corrected chi connectivity index (χ1v) is 8.36. The first-order chi connectivity index (χ1) is 10.6. The fourth-order valence-corrected chi connectivity index (χ4v) is 3.91. The van der Waals surface area contributed by atoms with Crippen LogP contribution in [0.2, 0.25) is 0 Å². The van der Waals surface area contributed by atoms with E-state index in [1.807, 2.05) is 0 Å². The van der Waals surface area contributed by atoms with Gasteiger partial charge in [0, 0.05) is 17.1 Å². The predicted molar refractivity (Wildman–Crippen MR) is 87.7 cm³/mol. The van der Waals surface area contributed by atoms with Crippen molar-refractivity contribution in [2.45, 2.75) is 18.9 Å². The summed E-state index contributed by atoms with van der Waals surface area (Å²) in [6.07, 6.45) is 2.34. The minimum atomic E-state index is -0.102. The van der Waals surface area contributed by atoms with E-state index in [4.69, 9.17) is 9.47 Å². The lowest BCUT2D eigenvalue weighted by molar-refractivity contribution is 0.0618. The smallest absolute Gasteiger partial charge is 0.255 e. The summed E-state index contributed by atoms with van der Waals surface area (Å²) in [5.74, 6) is 1.52. The molecule has 4 rings (SSSR count). The van der Waals surface area contributed by atoms with Crippen LogP contribution in [0, 0.1) is 5.92 Å². The predicted octanol–water partition coefficient (Wildman–Crippen LogP) is 2.29. The van der Waals surface area contributed by atoms with Gasteiger partial charge in [-0.2, -0.15) is 0 Å². The molecule has 1 unspecified atom stereocenters. The topological polar surface area (TPSA) is 50.8 Å². The second-order valence-corrected chi connectivity index (χ2v) is 6.82.